The zero-order valence-electron chi connectivity index (χ0n) is 9.87. The molecule has 1 aliphatic rings. The lowest BCUT2D eigenvalue weighted by molar-refractivity contribution is -0.143. The number of halogens is 2. The molecule has 2 amide bonds. The molecule has 1 aromatic carbocycles. The van der Waals surface area contributed by atoms with E-state index < -0.39 is 17.4 Å². The van der Waals surface area contributed by atoms with Crippen molar-refractivity contribution in [2.45, 2.75) is 12.8 Å². The Balaban J connectivity index is 1.91. The average Bonchev–Trinajstić information content (AvgIpc) is 3.12. The van der Waals surface area contributed by atoms with Crippen LogP contribution in [0.4, 0.5) is 10.5 Å². The first-order valence-electron chi connectivity index (χ1n) is 5.66. The first kappa shape index (κ1) is 14.1. The number of carboxylic acid groups (broad SMARTS) is 1. The second kappa shape index (κ2) is 5.38. The zero-order valence-corrected chi connectivity index (χ0v) is 12.2. The summed E-state index contributed by atoms with van der Waals surface area (Å²) in [4.78, 5) is 22.7. The van der Waals surface area contributed by atoms with Crippen molar-refractivity contribution in [2.24, 2.45) is 5.41 Å². The number of aliphatic carboxylic acids is 1. The molecule has 1 fully saturated rings. The van der Waals surface area contributed by atoms with Crippen LogP contribution in [0, 0.1) is 5.41 Å². The third-order valence-electron chi connectivity index (χ3n) is 3.07. The van der Waals surface area contributed by atoms with Gasteiger partial charge in [-0.15, -0.1) is 0 Å². The first-order chi connectivity index (χ1) is 8.93. The number of carbonyl (C=O) groups is 2. The summed E-state index contributed by atoms with van der Waals surface area (Å²) in [6.45, 7) is 0.131. The monoisotopic (exact) mass is 346 g/mol. The maximum absolute atomic E-state index is 11.7. The van der Waals surface area contributed by atoms with Crippen LogP contribution in [-0.4, -0.2) is 23.7 Å². The fourth-order valence-electron chi connectivity index (χ4n) is 1.63. The van der Waals surface area contributed by atoms with E-state index in [9.17, 15) is 9.59 Å². The molecular formula is C12H12BrClN2O3. The second-order valence-corrected chi connectivity index (χ2v) is 5.81. The highest BCUT2D eigenvalue weighted by Crippen LogP contribution is 2.45. The van der Waals surface area contributed by atoms with Crippen LogP contribution >= 0.6 is 27.5 Å². The smallest absolute Gasteiger partial charge is 0.319 e. The second-order valence-electron chi connectivity index (χ2n) is 4.52. The Morgan fingerprint density at radius 2 is 2.11 bits per heavy atom. The molecule has 1 aliphatic carbocycles. The number of carboxylic acids is 1. The van der Waals surface area contributed by atoms with Gasteiger partial charge in [0.1, 0.15) is 0 Å². The molecule has 0 aliphatic heterocycles. The molecule has 5 nitrogen and oxygen atoms in total. The van der Waals surface area contributed by atoms with E-state index in [1.165, 1.54) is 0 Å². The summed E-state index contributed by atoms with van der Waals surface area (Å²) < 4.78 is 0.700. The number of hydrogen-bond acceptors (Lipinski definition) is 2. The number of nitrogens with one attached hydrogen (secondary N) is 2. The van der Waals surface area contributed by atoms with E-state index >= 15 is 0 Å². The Morgan fingerprint density at radius 3 is 2.68 bits per heavy atom. The van der Waals surface area contributed by atoms with Gasteiger partial charge < -0.3 is 15.7 Å². The van der Waals surface area contributed by atoms with E-state index in [0.717, 1.165) is 0 Å². The summed E-state index contributed by atoms with van der Waals surface area (Å²) in [6, 6.07) is 4.57. The number of carbonyl (C=O) groups excluding carboxylic acids is 1. The lowest BCUT2D eigenvalue weighted by Crippen LogP contribution is -2.36. The predicted octanol–water partition coefficient (Wildman–Crippen LogP) is 3.09. The van der Waals surface area contributed by atoms with Crippen LogP contribution in [-0.2, 0) is 4.79 Å². The van der Waals surface area contributed by atoms with Crippen LogP contribution in [0.25, 0.3) is 0 Å². The van der Waals surface area contributed by atoms with Gasteiger partial charge >= 0.3 is 12.0 Å². The highest BCUT2D eigenvalue weighted by molar-refractivity contribution is 9.10. The molecule has 0 bridgehead atoms. The van der Waals surface area contributed by atoms with Crippen LogP contribution < -0.4 is 10.6 Å². The standard InChI is InChI=1S/C12H12BrClN2O3/c13-8-2-1-7(14)5-9(8)16-11(19)15-6-12(3-4-12)10(17)18/h1-2,5H,3-4,6H2,(H,17,18)(H2,15,16,19). The Morgan fingerprint density at radius 1 is 1.42 bits per heavy atom. The van der Waals surface area contributed by atoms with Crippen LogP contribution in [0.5, 0.6) is 0 Å². The molecule has 0 aromatic heterocycles. The number of hydrogen-bond donors (Lipinski definition) is 3. The Kier molecular flexibility index (Phi) is 4.01. The molecule has 0 unspecified atom stereocenters. The van der Waals surface area contributed by atoms with E-state index in [0.29, 0.717) is 28.0 Å². The predicted molar refractivity (Wildman–Crippen MR) is 75.5 cm³/mol. The molecule has 0 atom stereocenters. The summed E-state index contributed by atoms with van der Waals surface area (Å²) in [5.41, 5.74) is -0.242. The van der Waals surface area contributed by atoms with E-state index in [1.54, 1.807) is 18.2 Å². The van der Waals surface area contributed by atoms with Crippen LogP contribution in [0.1, 0.15) is 12.8 Å². The quantitative estimate of drug-likeness (QED) is 0.783. The van der Waals surface area contributed by atoms with Gasteiger partial charge in [0.05, 0.1) is 11.1 Å². The van der Waals surface area contributed by atoms with Crippen molar-refractivity contribution in [2.75, 3.05) is 11.9 Å². The topological polar surface area (TPSA) is 78.4 Å². The average molecular weight is 348 g/mol. The minimum Gasteiger partial charge on any atom is -0.481 e. The molecule has 1 saturated carbocycles. The summed E-state index contributed by atoms with van der Waals surface area (Å²) in [7, 11) is 0. The van der Waals surface area contributed by atoms with Gasteiger partial charge in [-0.3, -0.25) is 4.79 Å². The summed E-state index contributed by atoms with van der Waals surface area (Å²) in [5, 5.41) is 14.7. The summed E-state index contributed by atoms with van der Waals surface area (Å²) >= 11 is 9.12. The molecule has 1 aromatic rings. The SMILES string of the molecule is O=C(NCC1(C(=O)O)CC1)Nc1cc(Cl)ccc1Br. The van der Waals surface area contributed by atoms with Crippen LogP contribution in [0.2, 0.25) is 5.02 Å². The summed E-state index contributed by atoms with van der Waals surface area (Å²) in [6.07, 6.45) is 1.20. The number of urea groups is 1. The molecule has 0 saturated heterocycles. The van der Waals surface area contributed by atoms with Crippen molar-refractivity contribution in [3.63, 3.8) is 0 Å². The number of anilines is 1. The molecule has 0 spiro atoms. The normalized spacial score (nSPS) is 15.7. The number of rotatable bonds is 4. The molecule has 102 valence electrons. The van der Waals surface area contributed by atoms with Crippen LogP contribution in [0.3, 0.4) is 0 Å². The maximum atomic E-state index is 11.7. The van der Waals surface area contributed by atoms with Crippen molar-refractivity contribution in [3.05, 3.63) is 27.7 Å². The summed E-state index contributed by atoms with van der Waals surface area (Å²) in [5.74, 6) is -0.864. The van der Waals surface area contributed by atoms with E-state index in [4.69, 9.17) is 16.7 Å². The third kappa shape index (κ3) is 3.39. The van der Waals surface area contributed by atoms with Crippen molar-refractivity contribution >= 4 is 45.2 Å². The van der Waals surface area contributed by atoms with Gasteiger partial charge in [-0.2, -0.15) is 0 Å². The minimum absolute atomic E-state index is 0.131. The Hall–Kier alpha value is -1.27. The molecule has 0 heterocycles. The van der Waals surface area contributed by atoms with Gasteiger partial charge in [-0.1, -0.05) is 11.6 Å². The number of amides is 2. The van der Waals surface area contributed by atoms with Crippen LogP contribution in [0.15, 0.2) is 22.7 Å². The van der Waals surface area contributed by atoms with Gasteiger partial charge in [0.2, 0.25) is 0 Å². The largest absolute Gasteiger partial charge is 0.481 e. The molecule has 19 heavy (non-hydrogen) atoms. The fraction of sp³-hybridized carbons (Fsp3) is 0.333. The van der Waals surface area contributed by atoms with Gasteiger partial charge in [0.25, 0.3) is 0 Å². The molecule has 3 N–H and O–H groups in total. The molecular weight excluding hydrogens is 335 g/mol. The van der Waals surface area contributed by atoms with Gasteiger partial charge in [-0.25, -0.2) is 4.79 Å². The lowest BCUT2D eigenvalue weighted by Gasteiger charge is -2.13. The van der Waals surface area contributed by atoms with Gasteiger partial charge in [0.15, 0.2) is 0 Å². The minimum atomic E-state index is -0.864. The Bertz CT molecular complexity index is 532. The van der Waals surface area contributed by atoms with Crippen molar-refractivity contribution in [1.29, 1.82) is 0 Å². The van der Waals surface area contributed by atoms with E-state index in [2.05, 4.69) is 26.6 Å². The number of benzene rings is 1. The van der Waals surface area contributed by atoms with Crippen molar-refractivity contribution < 1.29 is 14.7 Å². The van der Waals surface area contributed by atoms with Crippen molar-refractivity contribution in [1.82, 2.24) is 5.32 Å². The van der Waals surface area contributed by atoms with Gasteiger partial charge in [0, 0.05) is 16.0 Å². The lowest BCUT2D eigenvalue weighted by atomic mass is 10.1. The van der Waals surface area contributed by atoms with Gasteiger partial charge in [-0.05, 0) is 47.0 Å². The fourth-order valence-corrected chi connectivity index (χ4v) is 2.14. The van der Waals surface area contributed by atoms with E-state index in [1.807, 2.05) is 0 Å². The first-order valence-corrected chi connectivity index (χ1v) is 6.83. The van der Waals surface area contributed by atoms with E-state index in [-0.39, 0.29) is 6.54 Å². The highest BCUT2D eigenvalue weighted by Gasteiger charge is 2.50. The molecule has 7 heteroatoms. The Labute approximate surface area is 123 Å². The molecule has 2 rings (SSSR count). The maximum Gasteiger partial charge on any atom is 0.319 e. The third-order valence-corrected chi connectivity index (χ3v) is 4.00. The highest BCUT2D eigenvalue weighted by atomic mass is 79.9. The molecule has 0 radical (unpaired) electrons. The zero-order chi connectivity index (χ0) is 14.0. The van der Waals surface area contributed by atoms with Crippen molar-refractivity contribution in [3.8, 4) is 0 Å².